The van der Waals surface area contributed by atoms with E-state index in [0.29, 0.717) is 29.0 Å². The summed E-state index contributed by atoms with van der Waals surface area (Å²) in [5, 5.41) is 16.9. The molecule has 0 saturated heterocycles. The molecule has 1 heterocycles. The van der Waals surface area contributed by atoms with Gasteiger partial charge in [-0.1, -0.05) is 47.5 Å². The molecule has 0 aliphatic heterocycles. The lowest BCUT2D eigenvalue weighted by molar-refractivity contribution is -0.159. The normalized spacial score (nSPS) is 10.2. The van der Waals surface area contributed by atoms with Gasteiger partial charge in [0.15, 0.2) is 5.75 Å². The predicted molar refractivity (Wildman–Crippen MR) is 118 cm³/mol. The number of unbranched alkanes of at least 4 members (excludes halogenated alkanes) is 1. The van der Waals surface area contributed by atoms with E-state index in [0.717, 1.165) is 35.2 Å². The van der Waals surface area contributed by atoms with E-state index in [4.69, 9.17) is 52.5 Å². The number of para-hydroxylation sites is 2. The molecule has 31 heavy (non-hydrogen) atoms. The van der Waals surface area contributed by atoms with E-state index in [9.17, 15) is 0 Å². The second kappa shape index (κ2) is 12.0. The van der Waals surface area contributed by atoms with Crippen molar-refractivity contribution >= 4 is 46.0 Å². The van der Waals surface area contributed by atoms with Gasteiger partial charge in [0, 0.05) is 11.1 Å². The van der Waals surface area contributed by atoms with Gasteiger partial charge in [0.2, 0.25) is 0 Å². The van der Waals surface area contributed by atoms with Gasteiger partial charge in [-0.25, -0.2) is 14.6 Å². The first-order valence-electron chi connectivity index (χ1n) is 9.31. The molecular weight excluding hydrogens is 445 g/mol. The number of hydrogen-bond acceptors (Lipinski definition) is 5. The maximum atomic E-state index is 9.10. The Morgan fingerprint density at radius 2 is 1.45 bits per heavy atom. The van der Waals surface area contributed by atoms with Gasteiger partial charge in [-0.2, -0.15) is 0 Å². The van der Waals surface area contributed by atoms with Crippen LogP contribution in [0.2, 0.25) is 10.0 Å². The topological polar surface area (TPSA) is 106 Å². The molecule has 0 aliphatic carbocycles. The summed E-state index contributed by atoms with van der Waals surface area (Å²) in [5.74, 6) is -2.29. The van der Waals surface area contributed by atoms with Crippen molar-refractivity contribution in [2.45, 2.75) is 19.8 Å². The fourth-order valence-electron chi connectivity index (χ4n) is 2.51. The van der Waals surface area contributed by atoms with Crippen LogP contribution in [0.5, 0.6) is 11.5 Å². The number of carboxylic acids is 2. The van der Waals surface area contributed by atoms with Gasteiger partial charge >= 0.3 is 11.9 Å². The van der Waals surface area contributed by atoms with Gasteiger partial charge in [0.05, 0.1) is 23.3 Å². The molecule has 0 atom stereocenters. The number of nitrogens with zero attached hydrogens (tertiary/aromatic N) is 1. The molecule has 0 aliphatic rings. The largest absolute Gasteiger partial charge is 0.491 e. The van der Waals surface area contributed by atoms with Gasteiger partial charge in [-0.05, 0) is 44.0 Å². The standard InChI is InChI=1S/C20H19Cl2NO2.C2H2O4/c1-14-10-11-15-6-4-9-18(19(15)23-14)24-12-2-3-13-25-20-16(21)7-5-8-17(20)22;3-1(4)2(5)6/h4-11H,2-3,12-13H2,1H3;(H,3,4)(H,5,6). The van der Waals surface area contributed by atoms with Gasteiger partial charge in [-0.15, -0.1) is 0 Å². The number of aryl methyl sites for hydroxylation is 1. The summed E-state index contributed by atoms with van der Waals surface area (Å²) < 4.78 is 11.6. The number of halogens is 2. The summed E-state index contributed by atoms with van der Waals surface area (Å²) in [6.07, 6.45) is 1.71. The first kappa shape index (κ1) is 24.2. The highest BCUT2D eigenvalue weighted by Crippen LogP contribution is 2.32. The van der Waals surface area contributed by atoms with Crippen LogP contribution in [0.25, 0.3) is 10.9 Å². The van der Waals surface area contributed by atoms with E-state index in [1.807, 2.05) is 31.2 Å². The molecule has 0 saturated carbocycles. The fourth-order valence-corrected chi connectivity index (χ4v) is 3.02. The predicted octanol–water partition coefficient (Wildman–Crippen LogP) is 5.24. The molecule has 7 nitrogen and oxygen atoms in total. The quantitative estimate of drug-likeness (QED) is 0.362. The molecule has 3 aromatic rings. The maximum absolute atomic E-state index is 9.10. The molecule has 1 aromatic heterocycles. The smallest absolute Gasteiger partial charge is 0.414 e. The van der Waals surface area contributed by atoms with Crippen molar-refractivity contribution in [1.82, 2.24) is 4.98 Å². The van der Waals surface area contributed by atoms with Crippen molar-refractivity contribution in [2.24, 2.45) is 0 Å². The van der Waals surface area contributed by atoms with E-state index >= 15 is 0 Å². The Kier molecular flexibility index (Phi) is 9.37. The highest BCUT2D eigenvalue weighted by Gasteiger charge is 2.07. The number of carboxylic acid groups (broad SMARTS) is 2. The molecular formula is C22H21Cl2NO6. The number of fused-ring (bicyclic) bond motifs is 1. The average Bonchev–Trinajstić information content (AvgIpc) is 2.73. The third-order valence-corrected chi connectivity index (χ3v) is 4.56. The minimum atomic E-state index is -1.82. The van der Waals surface area contributed by atoms with E-state index in [2.05, 4.69) is 11.1 Å². The first-order valence-corrected chi connectivity index (χ1v) is 10.1. The van der Waals surface area contributed by atoms with Gasteiger partial charge in [-0.3, -0.25) is 0 Å². The van der Waals surface area contributed by atoms with Crippen LogP contribution >= 0.6 is 23.2 Å². The Morgan fingerprint density at radius 3 is 2.06 bits per heavy atom. The van der Waals surface area contributed by atoms with E-state index in [-0.39, 0.29) is 0 Å². The molecule has 164 valence electrons. The highest BCUT2D eigenvalue weighted by molar-refractivity contribution is 6.37. The number of rotatable bonds is 7. The van der Waals surface area contributed by atoms with Crippen molar-refractivity contribution < 1.29 is 29.3 Å². The summed E-state index contributed by atoms with van der Waals surface area (Å²) in [7, 11) is 0. The van der Waals surface area contributed by atoms with Gasteiger partial charge in [0.1, 0.15) is 11.3 Å². The zero-order valence-electron chi connectivity index (χ0n) is 16.7. The Hall–Kier alpha value is -3.03. The Morgan fingerprint density at radius 1 is 0.871 bits per heavy atom. The lowest BCUT2D eigenvalue weighted by Crippen LogP contribution is -2.09. The van der Waals surface area contributed by atoms with Crippen molar-refractivity contribution in [3.63, 3.8) is 0 Å². The first-order chi connectivity index (χ1) is 14.8. The number of carbonyl (C=O) groups is 2. The number of aliphatic carboxylic acids is 2. The third kappa shape index (κ3) is 7.62. The summed E-state index contributed by atoms with van der Waals surface area (Å²) in [6.45, 7) is 3.13. The lowest BCUT2D eigenvalue weighted by Gasteiger charge is -2.11. The number of ether oxygens (including phenoxy) is 2. The van der Waals surface area contributed by atoms with Crippen LogP contribution in [0.1, 0.15) is 18.5 Å². The molecule has 0 unspecified atom stereocenters. The van der Waals surface area contributed by atoms with Crippen LogP contribution in [0.3, 0.4) is 0 Å². The van der Waals surface area contributed by atoms with Gasteiger partial charge in [0.25, 0.3) is 0 Å². The molecule has 3 rings (SSSR count). The van der Waals surface area contributed by atoms with Crippen molar-refractivity contribution in [1.29, 1.82) is 0 Å². The van der Waals surface area contributed by atoms with Crippen molar-refractivity contribution in [2.75, 3.05) is 13.2 Å². The summed E-state index contributed by atoms with van der Waals surface area (Å²) in [6, 6.07) is 15.4. The average molecular weight is 466 g/mol. The SMILES string of the molecule is Cc1ccc2cccc(OCCCCOc3c(Cl)cccc3Cl)c2n1.O=C(O)C(=O)O. The second-order valence-corrected chi connectivity index (χ2v) is 7.16. The Labute approximate surface area is 189 Å². The third-order valence-electron chi connectivity index (χ3n) is 3.97. The number of aromatic nitrogens is 1. The molecule has 0 spiro atoms. The molecule has 2 N–H and O–H groups in total. The van der Waals surface area contributed by atoms with E-state index in [1.54, 1.807) is 18.2 Å². The minimum absolute atomic E-state index is 0.529. The van der Waals surface area contributed by atoms with Crippen molar-refractivity contribution in [3.8, 4) is 11.5 Å². The van der Waals surface area contributed by atoms with Gasteiger partial charge < -0.3 is 19.7 Å². The molecule has 0 amide bonds. The lowest BCUT2D eigenvalue weighted by atomic mass is 10.2. The fraction of sp³-hybridized carbons (Fsp3) is 0.227. The molecule has 0 fully saturated rings. The van der Waals surface area contributed by atoms with E-state index in [1.165, 1.54) is 0 Å². The van der Waals surface area contributed by atoms with Crippen LogP contribution in [0.15, 0.2) is 48.5 Å². The molecule has 2 aromatic carbocycles. The maximum Gasteiger partial charge on any atom is 0.414 e. The zero-order chi connectivity index (χ0) is 22.8. The summed E-state index contributed by atoms with van der Waals surface area (Å²) in [5.41, 5.74) is 1.88. The highest BCUT2D eigenvalue weighted by atomic mass is 35.5. The minimum Gasteiger partial charge on any atom is -0.491 e. The van der Waals surface area contributed by atoms with Crippen molar-refractivity contribution in [3.05, 3.63) is 64.3 Å². The van der Waals surface area contributed by atoms with Crippen LogP contribution in [-0.4, -0.2) is 40.3 Å². The van der Waals surface area contributed by atoms with E-state index < -0.39 is 11.9 Å². The molecule has 0 radical (unpaired) electrons. The summed E-state index contributed by atoms with van der Waals surface area (Å²) >= 11 is 12.2. The monoisotopic (exact) mass is 465 g/mol. The van der Waals surface area contributed by atoms with Crippen LogP contribution in [0.4, 0.5) is 0 Å². The van der Waals surface area contributed by atoms with Crippen LogP contribution in [-0.2, 0) is 9.59 Å². The number of hydrogen-bond donors (Lipinski definition) is 2. The molecule has 9 heteroatoms. The Balaban J connectivity index is 0.000000501. The number of benzene rings is 2. The zero-order valence-corrected chi connectivity index (χ0v) is 18.2. The van der Waals surface area contributed by atoms with Crippen LogP contribution in [0, 0.1) is 6.92 Å². The summed E-state index contributed by atoms with van der Waals surface area (Å²) in [4.78, 5) is 22.8. The second-order valence-electron chi connectivity index (χ2n) is 6.35. The van der Waals surface area contributed by atoms with Crippen LogP contribution < -0.4 is 9.47 Å². The number of pyridine rings is 1. The Bertz CT molecular complexity index is 1030. The molecule has 0 bridgehead atoms.